The van der Waals surface area contributed by atoms with E-state index in [1.54, 1.807) is 4.24 Å². The third kappa shape index (κ3) is 6.07. The minimum Gasteiger partial charge on any atom is -0.179 e. The highest BCUT2D eigenvalue weighted by atomic mass is 33.6. The number of thioether (sulfide) groups is 3. The van der Waals surface area contributed by atoms with Crippen molar-refractivity contribution in [3.63, 3.8) is 0 Å². The van der Waals surface area contributed by atoms with E-state index >= 15 is 0 Å². The molecule has 0 aliphatic carbocycles. The fraction of sp³-hybridized carbons (Fsp3) is 0.571. The molecule has 0 spiro atoms. The van der Waals surface area contributed by atoms with Crippen molar-refractivity contribution in [2.45, 2.75) is 25.7 Å². The maximum Gasteiger partial charge on any atom is 0.0696 e. The molecule has 0 saturated carbocycles. The van der Waals surface area contributed by atoms with E-state index in [1.165, 1.54) is 41.4 Å². The lowest BCUT2D eigenvalue weighted by molar-refractivity contribution is 0.911. The van der Waals surface area contributed by atoms with E-state index in [0.29, 0.717) is 0 Å². The van der Waals surface area contributed by atoms with Gasteiger partial charge in [0, 0.05) is 11.5 Å². The first-order valence-corrected chi connectivity index (χ1v) is 15.8. The SMILES string of the molecule is SCCCCSS1(SCCCCS)C=CSC1=C1SC=CS1. The normalized spacial score (nSPS) is 21.0. The first kappa shape index (κ1) is 20.3. The van der Waals surface area contributed by atoms with Crippen LogP contribution in [0.5, 0.6) is 0 Å². The molecule has 2 rings (SSSR count). The highest BCUT2D eigenvalue weighted by Crippen LogP contribution is 2.83. The molecule has 0 nitrogen and oxygen atoms in total. The van der Waals surface area contributed by atoms with Crippen LogP contribution in [-0.2, 0) is 0 Å². The van der Waals surface area contributed by atoms with Gasteiger partial charge in [-0.1, -0.05) is 65.0 Å². The number of hydrogen-bond donors (Lipinski definition) is 2. The molecule has 0 unspecified atom stereocenters. The zero-order valence-corrected chi connectivity index (χ0v) is 19.0. The van der Waals surface area contributed by atoms with Gasteiger partial charge in [-0.15, -0.1) is 0 Å². The lowest BCUT2D eigenvalue weighted by Gasteiger charge is -2.34. The molecule has 8 heteroatoms. The summed E-state index contributed by atoms with van der Waals surface area (Å²) < 4.78 is 3.13. The first-order valence-electron chi connectivity index (χ1n) is 7.22. The number of thiol groups is 2. The number of hydrogen-bond acceptors (Lipinski definition) is 7. The molecular formula is C14H22S8. The second-order valence-corrected chi connectivity index (χ2v) is 16.9. The van der Waals surface area contributed by atoms with Crippen molar-refractivity contribution in [2.24, 2.45) is 0 Å². The number of unbranched alkanes of at least 4 members (excludes halogenated alkanes) is 2. The van der Waals surface area contributed by atoms with Gasteiger partial charge in [0.1, 0.15) is 0 Å². The summed E-state index contributed by atoms with van der Waals surface area (Å²) in [5.74, 6) is 4.51. The van der Waals surface area contributed by atoms with Gasteiger partial charge in [0.2, 0.25) is 0 Å². The van der Waals surface area contributed by atoms with Crippen LogP contribution in [0.15, 0.2) is 30.1 Å². The van der Waals surface area contributed by atoms with Crippen LogP contribution < -0.4 is 0 Å². The second-order valence-electron chi connectivity index (χ2n) is 4.52. The summed E-state index contributed by atoms with van der Waals surface area (Å²) in [5, 5.41) is 9.27. The van der Waals surface area contributed by atoms with Gasteiger partial charge in [-0.25, -0.2) is 0 Å². The predicted molar refractivity (Wildman–Crippen MR) is 127 cm³/mol. The van der Waals surface area contributed by atoms with Crippen LogP contribution in [0.4, 0.5) is 0 Å². The van der Waals surface area contributed by atoms with Crippen molar-refractivity contribution in [2.75, 3.05) is 23.0 Å². The Morgan fingerprint density at radius 2 is 1.41 bits per heavy atom. The van der Waals surface area contributed by atoms with Crippen molar-refractivity contribution in [3.05, 3.63) is 30.1 Å². The molecule has 0 N–H and O–H groups in total. The van der Waals surface area contributed by atoms with Crippen molar-refractivity contribution in [3.8, 4) is 0 Å². The molecular weight excluding hydrogens is 425 g/mol. The zero-order chi connectivity index (χ0) is 15.7. The quantitative estimate of drug-likeness (QED) is 0.199. The van der Waals surface area contributed by atoms with Crippen LogP contribution in [0.25, 0.3) is 0 Å². The summed E-state index contributed by atoms with van der Waals surface area (Å²) in [5.41, 5.74) is 0. The Balaban J connectivity index is 2.02. The van der Waals surface area contributed by atoms with Crippen molar-refractivity contribution < 1.29 is 0 Å². The Kier molecular flexibility index (Phi) is 10.7. The summed E-state index contributed by atoms with van der Waals surface area (Å²) in [4.78, 5) is 0. The lowest BCUT2D eigenvalue weighted by Crippen LogP contribution is -1.92. The predicted octanol–water partition coefficient (Wildman–Crippen LogP) is 7.80. The van der Waals surface area contributed by atoms with Crippen molar-refractivity contribution in [1.29, 1.82) is 0 Å². The summed E-state index contributed by atoms with van der Waals surface area (Å²) >= 11 is 14.4. The maximum absolute atomic E-state index is 4.34. The Labute approximate surface area is 167 Å². The van der Waals surface area contributed by atoms with E-state index in [4.69, 9.17) is 0 Å². The van der Waals surface area contributed by atoms with Gasteiger partial charge >= 0.3 is 0 Å². The number of rotatable bonds is 10. The van der Waals surface area contributed by atoms with E-state index in [0.717, 1.165) is 11.5 Å². The van der Waals surface area contributed by atoms with E-state index in [-0.39, 0.29) is 0 Å². The molecule has 2 aliphatic heterocycles. The van der Waals surface area contributed by atoms with Crippen LogP contribution in [-0.4, -0.2) is 23.0 Å². The fourth-order valence-corrected chi connectivity index (χ4v) is 18.0. The third-order valence-corrected chi connectivity index (χ3v) is 18.0. The van der Waals surface area contributed by atoms with Gasteiger partial charge in [0.15, 0.2) is 0 Å². The third-order valence-electron chi connectivity index (χ3n) is 2.86. The van der Waals surface area contributed by atoms with Crippen LogP contribution in [0.1, 0.15) is 25.7 Å². The molecule has 0 saturated heterocycles. The topological polar surface area (TPSA) is 0 Å². The molecule has 22 heavy (non-hydrogen) atoms. The first-order chi connectivity index (χ1) is 10.8. The summed E-state index contributed by atoms with van der Waals surface area (Å²) in [6.45, 7) is 0. The minimum absolute atomic E-state index is 0.883. The average molecular weight is 447 g/mol. The van der Waals surface area contributed by atoms with Gasteiger partial charge in [-0.05, 0) is 58.8 Å². The Morgan fingerprint density at radius 3 is 1.95 bits per heavy atom. The summed E-state index contributed by atoms with van der Waals surface area (Å²) in [7, 11) is 3.51. The zero-order valence-electron chi connectivity index (χ0n) is 12.3. The largest absolute Gasteiger partial charge is 0.179 e. The van der Waals surface area contributed by atoms with Crippen LogP contribution in [0, 0.1) is 0 Å². The van der Waals surface area contributed by atoms with Gasteiger partial charge in [-0.2, -0.15) is 25.3 Å². The Hall–Kier alpha value is 2.02. The van der Waals surface area contributed by atoms with Crippen molar-refractivity contribution >= 4 is 90.2 Å². The molecule has 0 aromatic heterocycles. The molecule has 0 radical (unpaired) electrons. The maximum atomic E-state index is 4.34. The molecule has 2 aliphatic rings. The van der Waals surface area contributed by atoms with E-state index < -0.39 is 8.09 Å². The average Bonchev–Trinajstić information content (AvgIpc) is 3.18. The van der Waals surface area contributed by atoms with Gasteiger partial charge in [-0.3, -0.25) is 0 Å². The fourth-order valence-electron chi connectivity index (χ4n) is 1.77. The summed E-state index contributed by atoms with van der Waals surface area (Å²) in [6.07, 6.45) is 5.01. The van der Waals surface area contributed by atoms with Crippen molar-refractivity contribution in [1.82, 2.24) is 0 Å². The van der Waals surface area contributed by atoms with Gasteiger partial charge < -0.3 is 0 Å². The van der Waals surface area contributed by atoms with E-state index in [9.17, 15) is 0 Å². The Bertz CT molecular complexity index is 407. The smallest absolute Gasteiger partial charge is 0.0696 e. The lowest BCUT2D eigenvalue weighted by atomic mass is 10.4. The van der Waals surface area contributed by atoms with Gasteiger partial charge in [0.25, 0.3) is 0 Å². The molecule has 0 amide bonds. The molecule has 0 aromatic rings. The molecule has 0 aromatic carbocycles. The van der Waals surface area contributed by atoms with Gasteiger partial charge in [0.05, 0.1) is 8.47 Å². The minimum atomic E-state index is -0.883. The molecule has 0 fully saturated rings. The highest BCUT2D eigenvalue weighted by Gasteiger charge is 2.34. The second kappa shape index (κ2) is 11.6. The molecule has 2 heterocycles. The van der Waals surface area contributed by atoms with Crippen LogP contribution >= 0.6 is 90.2 Å². The molecule has 126 valence electrons. The van der Waals surface area contributed by atoms with Crippen LogP contribution in [0.2, 0.25) is 0 Å². The van der Waals surface area contributed by atoms with E-state index in [2.05, 4.69) is 68.5 Å². The van der Waals surface area contributed by atoms with Crippen LogP contribution in [0.3, 0.4) is 0 Å². The molecule has 0 bridgehead atoms. The molecule has 0 atom stereocenters. The Morgan fingerprint density at radius 1 is 0.818 bits per heavy atom. The highest BCUT2D eigenvalue weighted by molar-refractivity contribution is 9.28. The summed E-state index contributed by atoms with van der Waals surface area (Å²) in [6, 6.07) is 0. The van der Waals surface area contributed by atoms with E-state index in [1.807, 2.05) is 35.3 Å². The monoisotopic (exact) mass is 446 g/mol. The standard InChI is InChI=1S/C14H22S8/c15-5-1-3-7-20-22(21-8-4-2-6-16)12-11-19-14(22)13-17-9-10-18-13/h9-12,15-16H,1-8H2.